The van der Waals surface area contributed by atoms with Crippen molar-refractivity contribution in [1.29, 1.82) is 5.26 Å². The average Bonchev–Trinajstić information content (AvgIpc) is 2.19. The molecule has 1 rings (SSSR count). The van der Waals surface area contributed by atoms with Crippen LogP contribution in [0.3, 0.4) is 0 Å². The Kier molecular flexibility index (Phi) is 3.89. The summed E-state index contributed by atoms with van der Waals surface area (Å²) in [4.78, 5) is 1.75. The predicted octanol–water partition coefficient (Wildman–Crippen LogP) is 2.96. The number of hydrogen-bond acceptors (Lipinski definition) is 2. The topological polar surface area (TPSA) is 27.0 Å². The Labute approximate surface area is 96.3 Å². The Hall–Kier alpha value is -1.56. The van der Waals surface area contributed by atoms with E-state index in [1.165, 1.54) is 0 Å². The zero-order valence-electron chi connectivity index (χ0n) is 10.2. The molecular formula is C13H17FN2. The first-order valence-corrected chi connectivity index (χ1v) is 5.36. The minimum Gasteiger partial charge on any atom is -0.377 e. The van der Waals surface area contributed by atoms with E-state index >= 15 is 0 Å². The van der Waals surface area contributed by atoms with Crippen molar-refractivity contribution in [1.82, 2.24) is 0 Å². The van der Waals surface area contributed by atoms with E-state index in [2.05, 4.69) is 0 Å². The first kappa shape index (κ1) is 12.5. The predicted molar refractivity (Wildman–Crippen MR) is 64.0 cm³/mol. The van der Waals surface area contributed by atoms with E-state index in [0.717, 1.165) is 0 Å². The second kappa shape index (κ2) is 4.98. The van der Waals surface area contributed by atoms with Crippen molar-refractivity contribution in [3.63, 3.8) is 0 Å². The SMILES string of the molecule is CC(C)Cc1ccc(N(C)C)c(C#N)c1F. The van der Waals surface area contributed by atoms with Crippen molar-refractivity contribution in [2.75, 3.05) is 19.0 Å². The molecule has 0 unspecified atom stereocenters. The van der Waals surface area contributed by atoms with Gasteiger partial charge in [-0.25, -0.2) is 4.39 Å². The fourth-order valence-electron chi connectivity index (χ4n) is 1.69. The van der Waals surface area contributed by atoms with Crippen LogP contribution in [0.25, 0.3) is 0 Å². The van der Waals surface area contributed by atoms with Crippen LogP contribution in [0.5, 0.6) is 0 Å². The van der Waals surface area contributed by atoms with Crippen LogP contribution < -0.4 is 4.90 Å². The first-order valence-electron chi connectivity index (χ1n) is 5.36. The fourth-order valence-corrected chi connectivity index (χ4v) is 1.69. The fraction of sp³-hybridized carbons (Fsp3) is 0.462. The summed E-state index contributed by atoms with van der Waals surface area (Å²) in [7, 11) is 3.61. The van der Waals surface area contributed by atoms with Crippen LogP contribution in [0.2, 0.25) is 0 Å². The first-order chi connectivity index (χ1) is 7.47. The number of halogens is 1. The van der Waals surface area contributed by atoms with Crippen LogP contribution in [-0.4, -0.2) is 14.1 Å². The van der Waals surface area contributed by atoms with Gasteiger partial charge in [-0.3, -0.25) is 0 Å². The lowest BCUT2D eigenvalue weighted by molar-refractivity contribution is 0.571. The molecule has 86 valence electrons. The smallest absolute Gasteiger partial charge is 0.146 e. The number of rotatable bonds is 3. The quantitative estimate of drug-likeness (QED) is 0.783. The maximum absolute atomic E-state index is 14.0. The Bertz CT molecular complexity index is 417. The summed E-state index contributed by atoms with van der Waals surface area (Å²) in [5.74, 6) is 0.00801. The molecule has 0 amide bonds. The zero-order chi connectivity index (χ0) is 12.3. The monoisotopic (exact) mass is 220 g/mol. The number of hydrogen-bond donors (Lipinski definition) is 0. The van der Waals surface area contributed by atoms with Crippen molar-refractivity contribution in [2.24, 2.45) is 5.92 Å². The summed E-state index contributed by atoms with van der Waals surface area (Å²) < 4.78 is 14.0. The Morgan fingerprint density at radius 1 is 1.38 bits per heavy atom. The van der Waals surface area contributed by atoms with Crippen LogP contribution in [0.4, 0.5) is 10.1 Å². The third-order valence-electron chi connectivity index (χ3n) is 2.42. The molecule has 0 atom stereocenters. The lowest BCUT2D eigenvalue weighted by Crippen LogP contribution is -2.12. The molecule has 0 fully saturated rings. The average molecular weight is 220 g/mol. The van der Waals surface area contributed by atoms with Crippen molar-refractivity contribution < 1.29 is 4.39 Å². The van der Waals surface area contributed by atoms with Gasteiger partial charge in [0.05, 0.1) is 5.69 Å². The van der Waals surface area contributed by atoms with E-state index in [-0.39, 0.29) is 11.4 Å². The summed E-state index contributed by atoms with van der Waals surface area (Å²) in [6.07, 6.45) is 0.661. The molecule has 0 aliphatic rings. The molecule has 0 N–H and O–H groups in total. The lowest BCUT2D eigenvalue weighted by atomic mass is 9.99. The van der Waals surface area contributed by atoms with E-state index < -0.39 is 0 Å². The molecule has 3 heteroatoms. The van der Waals surface area contributed by atoms with Gasteiger partial charge in [-0.15, -0.1) is 0 Å². The lowest BCUT2D eigenvalue weighted by Gasteiger charge is -2.16. The van der Waals surface area contributed by atoms with E-state index in [4.69, 9.17) is 5.26 Å². The van der Waals surface area contributed by atoms with Crippen LogP contribution in [0, 0.1) is 23.1 Å². The van der Waals surface area contributed by atoms with Gasteiger partial charge in [0.15, 0.2) is 0 Å². The second-order valence-corrected chi connectivity index (χ2v) is 4.54. The van der Waals surface area contributed by atoms with Gasteiger partial charge in [-0.2, -0.15) is 5.26 Å². The molecule has 1 aromatic rings. The highest BCUT2D eigenvalue weighted by atomic mass is 19.1. The molecular weight excluding hydrogens is 203 g/mol. The molecule has 0 heterocycles. The van der Waals surface area contributed by atoms with Crippen molar-refractivity contribution in [3.8, 4) is 6.07 Å². The van der Waals surface area contributed by atoms with E-state index in [1.54, 1.807) is 31.1 Å². The van der Waals surface area contributed by atoms with Gasteiger partial charge in [0.2, 0.25) is 0 Å². The summed E-state index contributed by atoms with van der Waals surface area (Å²) in [5.41, 5.74) is 1.40. The molecule has 0 radical (unpaired) electrons. The molecule has 2 nitrogen and oxygen atoms in total. The Balaban J connectivity index is 3.25. The summed E-state index contributed by atoms with van der Waals surface area (Å²) in [6.45, 7) is 4.07. The third-order valence-corrected chi connectivity index (χ3v) is 2.42. The maximum Gasteiger partial charge on any atom is 0.146 e. The van der Waals surface area contributed by atoms with Crippen LogP contribution >= 0.6 is 0 Å². The molecule has 0 saturated carbocycles. The molecule has 0 aromatic heterocycles. The normalized spacial score (nSPS) is 10.3. The van der Waals surface area contributed by atoms with Gasteiger partial charge in [0, 0.05) is 14.1 Å². The summed E-state index contributed by atoms with van der Waals surface area (Å²) >= 11 is 0. The van der Waals surface area contributed by atoms with E-state index in [9.17, 15) is 4.39 Å². The third kappa shape index (κ3) is 2.52. The largest absolute Gasteiger partial charge is 0.377 e. The highest BCUT2D eigenvalue weighted by Crippen LogP contribution is 2.25. The standard InChI is InChI=1S/C13H17FN2/c1-9(2)7-10-5-6-12(16(3)4)11(8-15)13(10)14/h5-6,9H,7H2,1-4H3. The molecule has 0 aliphatic heterocycles. The van der Waals surface area contributed by atoms with Gasteiger partial charge in [0.25, 0.3) is 0 Å². The van der Waals surface area contributed by atoms with Crippen molar-refractivity contribution in [2.45, 2.75) is 20.3 Å². The van der Waals surface area contributed by atoms with Gasteiger partial charge in [-0.05, 0) is 24.0 Å². The maximum atomic E-state index is 14.0. The molecule has 0 spiro atoms. The summed E-state index contributed by atoms with van der Waals surface area (Å²) in [6, 6.07) is 5.52. The van der Waals surface area contributed by atoms with E-state index in [0.29, 0.717) is 23.6 Å². The van der Waals surface area contributed by atoms with Gasteiger partial charge in [-0.1, -0.05) is 19.9 Å². The number of nitriles is 1. The number of nitrogens with zero attached hydrogens (tertiary/aromatic N) is 2. The van der Waals surface area contributed by atoms with Crippen LogP contribution in [0.15, 0.2) is 12.1 Å². The molecule has 0 aliphatic carbocycles. The molecule has 1 aromatic carbocycles. The van der Waals surface area contributed by atoms with Crippen LogP contribution in [0.1, 0.15) is 25.0 Å². The molecule has 0 bridgehead atoms. The second-order valence-electron chi connectivity index (χ2n) is 4.54. The Morgan fingerprint density at radius 2 is 2.00 bits per heavy atom. The molecule has 0 saturated heterocycles. The van der Waals surface area contributed by atoms with Crippen molar-refractivity contribution in [3.05, 3.63) is 29.1 Å². The Morgan fingerprint density at radius 3 is 2.44 bits per heavy atom. The highest BCUT2D eigenvalue weighted by molar-refractivity contribution is 5.60. The highest BCUT2D eigenvalue weighted by Gasteiger charge is 2.14. The summed E-state index contributed by atoms with van der Waals surface area (Å²) in [5, 5.41) is 8.99. The van der Waals surface area contributed by atoms with Crippen molar-refractivity contribution >= 4 is 5.69 Å². The van der Waals surface area contributed by atoms with Crippen LogP contribution in [-0.2, 0) is 6.42 Å². The number of anilines is 1. The minimum absolute atomic E-state index is 0.142. The minimum atomic E-state index is -0.373. The van der Waals surface area contributed by atoms with E-state index in [1.807, 2.05) is 19.9 Å². The number of benzene rings is 1. The van der Waals surface area contributed by atoms with Gasteiger partial charge in [0.1, 0.15) is 17.4 Å². The molecule has 16 heavy (non-hydrogen) atoms. The zero-order valence-corrected chi connectivity index (χ0v) is 10.2. The van der Waals surface area contributed by atoms with Gasteiger partial charge < -0.3 is 4.90 Å². The van der Waals surface area contributed by atoms with Gasteiger partial charge >= 0.3 is 0 Å².